The molecule has 0 spiro atoms. The van der Waals surface area contributed by atoms with Gasteiger partial charge in [-0.3, -0.25) is 4.79 Å². The predicted octanol–water partition coefficient (Wildman–Crippen LogP) is 3.29. The Bertz CT molecular complexity index is 1090. The second-order valence-corrected chi connectivity index (χ2v) is 8.32. The zero-order valence-electron chi connectivity index (χ0n) is 16.7. The molecule has 3 aromatic rings. The van der Waals surface area contributed by atoms with Gasteiger partial charge in [0, 0.05) is 11.0 Å². The number of benzene rings is 1. The summed E-state index contributed by atoms with van der Waals surface area (Å²) in [6.07, 6.45) is 7.46. The number of esters is 1. The molecule has 0 saturated heterocycles. The molecule has 1 amide bonds. The minimum Gasteiger partial charge on any atom is -0.465 e. The molecule has 0 aliphatic heterocycles. The number of thiophene rings is 1. The van der Waals surface area contributed by atoms with Crippen LogP contribution in [0.2, 0.25) is 0 Å². The summed E-state index contributed by atoms with van der Waals surface area (Å²) in [7, 11) is 1.36. The van der Waals surface area contributed by atoms with Crippen molar-refractivity contribution in [2.75, 3.05) is 12.4 Å². The highest BCUT2D eigenvalue weighted by atomic mass is 32.1. The van der Waals surface area contributed by atoms with E-state index < -0.39 is 5.97 Å². The molecule has 2 heterocycles. The van der Waals surface area contributed by atoms with Crippen LogP contribution in [-0.4, -0.2) is 39.2 Å². The Balaban J connectivity index is 1.49. The van der Waals surface area contributed by atoms with Crippen molar-refractivity contribution in [3.8, 4) is 5.69 Å². The molecule has 0 saturated carbocycles. The summed E-state index contributed by atoms with van der Waals surface area (Å²) in [4.78, 5) is 26.0. The molecule has 2 aromatic heterocycles. The molecule has 0 bridgehead atoms. The van der Waals surface area contributed by atoms with Gasteiger partial charge in [-0.15, -0.1) is 16.4 Å². The summed E-state index contributed by atoms with van der Waals surface area (Å²) in [5.74, 6) is -0.128. The third-order valence-corrected chi connectivity index (χ3v) is 6.24. The lowest BCUT2D eigenvalue weighted by Crippen LogP contribution is -2.14. The van der Waals surface area contributed by atoms with Crippen LogP contribution in [0.5, 0.6) is 0 Å². The summed E-state index contributed by atoms with van der Waals surface area (Å²) in [5, 5.41) is 14.5. The standard InChI is InChI=1S/C21H21N5O3S/c1-13-3-9-16-17(11-13)30-20(19(16)21(28)29-2)23-18(27)10-6-14-4-7-15(8-5-14)26-12-22-24-25-26/h4-8,10,12-13H,3,9,11H2,1-2H3,(H,23,27)/b10-6+. The highest BCUT2D eigenvalue weighted by Crippen LogP contribution is 2.40. The maximum absolute atomic E-state index is 12.5. The number of hydrogen-bond donors (Lipinski definition) is 1. The lowest BCUT2D eigenvalue weighted by molar-refractivity contribution is -0.111. The summed E-state index contributed by atoms with van der Waals surface area (Å²) in [5.41, 5.74) is 3.19. The third-order valence-electron chi connectivity index (χ3n) is 5.07. The highest BCUT2D eigenvalue weighted by molar-refractivity contribution is 7.17. The lowest BCUT2D eigenvalue weighted by atomic mass is 9.88. The number of hydrogen-bond acceptors (Lipinski definition) is 7. The fourth-order valence-corrected chi connectivity index (χ4v) is 4.90. The van der Waals surface area contributed by atoms with Gasteiger partial charge in [0.05, 0.1) is 18.4 Å². The first-order valence-corrected chi connectivity index (χ1v) is 10.4. The molecule has 0 radical (unpaired) electrons. The van der Waals surface area contributed by atoms with Crippen LogP contribution >= 0.6 is 11.3 Å². The van der Waals surface area contributed by atoms with Crippen LogP contribution < -0.4 is 5.32 Å². The number of fused-ring (bicyclic) bond motifs is 1. The molecule has 154 valence electrons. The number of carbonyl (C=O) groups is 2. The average molecular weight is 423 g/mol. The van der Waals surface area contributed by atoms with Crippen molar-refractivity contribution in [2.24, 2.45) is 5.92 Å². The van der Waals surface area contributed by atoms with Gasteiger partial charge in [0.1, 0.15) is 11.3 Å². The molecule has 1 aliphatic rings. The van der Waals surface area contributed by atoms with Gasteiger partial charge in [-0.2, -0.15) is 0 Å². The number of nitrogens with zero attached hydrogens (tertiary/aromatic N) is 4. The quantitative estimate of drug-likeness (QED) is 0.499. The van der Waals surface area contributed by atoms with Gasteiger partial charge in [0.2, 0.25) is 5.91 Å². The zero-order chi connectivity index (χ0) is 21.1. The molecular weight excluding hydrogens is 402 g/mol. The third kappa shape index (κ3) is 4.16. The van der Waals surface area contributed by atoms with Crippen molar-refractivity contribution in [1.29, 1.82) is 0 Å². The molecule has 1 N–H and O–H groups in total. The van der Waals surface area contributed by atoms with E-state index in [2.05, 4.69) is 27.8 Å². The summed E-state index contributed by atoms with van der Waals surface area (Å²) in [6, 6.07) is 7.45. The predicted molar refractivity (Wildman–Crippen MR) is 114 cm³/mol. The van der Waals surface area contributed by atoms with Gasteiger partial charge >= 0.3 is 5.97 Å². The molecule has 9 heteroatoms. The van der Waals surface area contributed by atoms with Gasteiger partial charge in [-0.1, -0.05) is 19.1 Å². The van der Waals surface area contributed by atoms with Crippen LogP contribution in [0.3, 0.4) is 0 Å². The van der Waals surface area contributed by atoms with Gasteiger partial charge in [0.15, 0.2) is 0 Å². The SMILES string of the molecule is COC(=O)c1c(NC(=O)/C=C/c2ccc(-n3cnnn3)cc2)sc2c1CCC(C)C2. The van der Waals surface area contributed by atoms with E-state index in [1.807, 2.05) is 24.3 Å². The van der Waals surface area contributed by atoms with Crippen molar-refractivity contribution < 1.29 is 14.3 Å². The van der Waals surface area contributed by atoms with Crippen molar-refractivity contribution in [3.63, 3.8) is 0 Å². The first kappa shape index (κ1) is 20.0. The molecule has 1 aromatic carbocycles. The molecular formula is C21H21N5O3S. The Morgan fingerprint density at radius 1 is 1.30 bits per heavy atom. The molecule has 8 nitrogen and oxygen atoms in total. The van der Waals surface area contributed by atoms with Gasteiger partial charge in [-0.05, 0) is 64.9 Å². The summed E-state index contributed by atoms with van der Waals surface area (Å²) >= 11 is 1.47. The van der Waals surface area contributed by atoms with Crippen molar-refractivity contribution in [2.45, 2.75) is 26.2 Å². The maximum atomic E-state index is 12.5. The van der Waals surface area contributed by atoms with E-state index in [0.29, 0.717) is 16.5 Å². The second kappa shape index (κ2) is 8.58. The van der Waals surface area contributed by atoms with Crippen molar-refractivity contribution >= 4 is 34.3 Å². The Labute approximate surface area is 177 Å². The van der Waals surface area contributed by atoms with Crippen LogP contribution in [0.15, 0.2) is 36.7 Å². The highest BCUT2D eigenvalue weighted by Gasteiger charge is 2.28. The first-order valence-electron chi connectivity index (χ1n) is 9.60. The van der Waals surface area contributed by atoms with E-state index in [0.717, 1.165) is 41.0 Å². The molecule has 0 fully saturated rings. The number of amides is 1. The Morgan fingerprint density at radius 3 is 2.80 bits per heavy atom. The topological polar surface area (TPSA) is 99.0 Å². The normalized spacial score (nSPS) is 15.7. The van der Waals surface area contributed by atoms with Crippen LogP contribution in [0.1, 0.15) is 39.7 Å². The summed E-state index contributed by atoms with van der Waals surface area (Å²) in [6.45, 7) is 2.20. The molecule has 1 unspecified atom stereocenters. The van der Waals surface area contributed by atoms with Crippen molar-refractivity contribution in [3.05, 3.63) is 58.2 Å². The fourth-order valence-electron chi connectivity index (χ4n) is 3.50. The minimum atomic E-state index is -0.403. The van der Waals surface area contributed by atoms with E-state index in [9.17, 15) is 9.59 Å². The van der Waals surface area contributed by atoms with E-state index in [4.69, 9.17) is 4.74 Å². The number of methoxy groups -OCH3 is 1. The molecule has 4 rings (SSSR count). The van der Waals surface area contributed by atoms with E-state index in [1.54, 1.807) is 10.8 Å². The van der Waals surface area contributed by atoms with Gasteiger partial charge < -0.3 is 10.1 Å². The number of aromatic nitrogens is 4. The lowest BCUT2D eigenvalue weighted by Gasteiger charge is -2.18. The number of nitrogens with one attached hydrogen (secondary N) is 1. The van der Waals surface area contributed by atoms with Crippen LogP contribution in [-0.2, 0) is 22.4 Å². The number of carbonyl (C=O) groups excluding carboxylic acids is 2. The number of rotatable bonds is 5. The van der Waals surface area contributed by atoms with E-state index in [-0.39, 0.29) is 5.91 Å². The Kier molecular flexibility index (Phi) is 5.71. The summed E-state index contributed by atoms with van der Waals surface area (Å²) < 4.78 is 6.51. The van der Waals surface area contributed by atoms with Gasteiger partial charge in [-0.25, -0.2) is 9.48 Å². The van der Waals surface area contributed by atoms with Crippen molar-refractivity contribution in [1.82, 2.24) is 20.2 Å². The fraction of sp³-hybridized carbons (Fsp3) is 0.286. The minimum absolute atomic E-state index is 0.295. The number of ether oxygens (including phenoxy) is 1. The van der Waals surface area contributed by atoms with E-state index in [1.165, 1.54) is 30.8 Å². The first-order chi connectivity index (χ1) is 14.5. The molecule has 30 heavy (non-hydrogen) atoms. The Morgan fingerprint density at radius 2 is 2.10 bits per heavy atom. The number of anilines is 1. The second-order valence-electron chi connectivity index (χ2n) is 7.22. The average Bonchev–Trinajstić information content (AvgIpc) is 3.40. The molecule has 1 atom stereocenters. The van der Waals surface area contributed by atoms with E-state index >= 15 is 0 Å². The van der Waals surface area contributed by atoms with Gasteiger partial charge in [0.25, 0.3) is 0 Å². The Hall–Kier alpha value is -3.33. The van der Waals surface area contributed by atoms with Crippen LogP contribution in [0.25, 0.3) is 11.8 Å². The smallest absolute Gasteiger partial charge is 0.341 e. The maximum Gasteiger partial charge on any atom is 0.341 e. The molecule has 1 aliphatic carbocycles. The van der Waals surface area contributed by atoms with Crippen LogP contribution in [0, 0.1) is 5.92 Å². The monoisotopic (exact) mass is 423 g/mol. The van der Waals surface area contributed by atoms with Crippen LogP contribution in [0.4, 0.5) is 5.00 Å². The largest absolute Gasteiger partial charge is 0.465 e. The number of tetrazole rings is 1. The zero-order valence-corrected chi connectivity index (χ0v) is 17.5.